The number of carbonyl (C=O) groups excluding carboxylic acids is 1. The molecule has 6 nitrogen and oxygen atoms in total. The van der Waals surface area contributed by atoms with E-state index in [-0.39, 0.29) is 18.6 Å². The Hall–Kier alpha value is -3.16. The van der Waals surface area contributed by atoms with Crippen molar-refractivity contribution in [3.63, 3.8) is 0 Å². The van der Waals surface area contributed by atoms with Gasteiger partial charge in [0.1, 0.15) is 5.75 Å². The van der Waals surface area contributed by atoms with Gasteiger partial charge < -0.3 is 9.47 Å². The van der Waals surface area contributed by atoms with E-state index in [9.17, 15) is 13.2 Å². The maximum atomic E-state index is 13.1. The number of rotatable bonds is 9. The van der Waals surface area contributed by atoms with Crippen LogP contribution in [0.25, 0.3) is 11.1 Å². The van der Waals surface area contributed by atoms with Gasteiger partial charge in [0, 0.05) is 12.6 Å². The van der Waals surface area contributed by atoms with Crippen molar-refractivity contribution >= 4 is 16.0 Å². The van der Waals surface area contributed by atoms with Gasteiger partial charge in [0.05, 0.1) is 25.9 Å². The van der Waals surface area contributed by atoms with Gasteiger partial charge in [-0.15, -0.1) is 0 Å². The van der Waals surface area contributed by atoms with Gasteiger partial charge >= 0.3 is 5.97 Å². The lowest BCUT2D eigenvalue weighted by Gasteiger charge is -2.30. The van der Waals surface area contributed by atoms with Gasteiger partial charge in [-0.25, -0.2) is 8.42 Å². The molecule has 0 radical (unpaired) electrons. The molecule has 0 heterocycles. The lowest BCUT2D eigenvalue weighted by Crippen LogP contribution is -2.40. The van der Waals surface area contributed by atoms with Crippen LogP contribution in [0.15, 0.2) is 78.9 Å². The summed E-state index contributed by atoms with van der Waals surface area (Å²) in [6, 6.07) is 25.4. The van der Waals surface area contributed by atoms with Crippen LogP contribution in [-0.4, -0.2) is 45.2 Å². The minimum absolute atomic E-state index is 0.244. The SMILES string of the molecule is COC(=O)[C@@]1(Cc2cccc(-c3ccccc3)c2)CC[C@H](N(Cc2ccc(OC)cc2)S(C)(=O)=O)C1. The van der Waals surface area contributed by atoms with Crippen molar-refractivity contribution < 1.29 is 22.7 Å². The quantitative estimate of drug-likeness (QED) is 0.378. The molecule has 0 aliphatic heterocycles. The van der Waals surface area contributed by atoms with Crippen molar-refractivity contribution in [2.24, 2.45) is 5.41 Å². The minimum atomic E-state index is -3.51. The molecular weight excluding hydrogens is 474 g/mol. The zero-order chi connectivity index (χ0) is 25.8. The molecule has 1 fully saturated rings. The number of sulfonamides is 1. The molecule has 2 atom stereocenters. The summed E-state index contributed by atoms with van der Waals surface area (Å²) in [6.45, 7) is 0.244. The van der Waals surface area contributed by atoms with E-state index in [1.165, 1.54) is 17.7 Å². The molecule has 1 saturated carbocycles. The lowest BCUT2D eigenvalue weighted by molar-refractivity contribution is -0.152. The van der Waals surface area contributed by atoms with E-state index < -0.39 is 15.4 Å². The van der Waals surface area contributed by atoms with Gasteiger partial charge in [0.15, 0.2) is 0 Å². The standard InChI is InChI=1S/C29H33NO5S/c1-34-27-14-12-22(13-15-27)21-30(36(3,32)33)26-16-17-29(20-26,28(31)35-2)19-23-8-7-11-25(18-23)24-9-5-4-6-10-24/h4-15,18,26H,16-17,19-21H2,1-3H3/t26-,29+/m0/s1. The summed E-state index contributed by atoms with van der Waals surface area (Å²) in [5.74, 6) is 0.431. The van der Waals surface area contributed by atoms with Gasteiger partial charge in [-0.05, 0) is 60.1 Å². The molecule has 0 unspecified atom stereocenters. The first-order valence-corrected chi connectivity index (χ1v) is 13.9. The summed E-state index contributed by atoms with van der Waals surface area (Å²) in [6.07, 6.45) is 3.30. The topological polar surface area (TPSA) is 72.9 Å². The molecule has 0 spiro atoms. The fourth-order valence-electron chi connectivity index (χ4n) is 5.29. The van der Waals surface area contributed by atoms with E-state index in [4.69, 9.17) is 9.47 Å². The third-order valence-corrected chi connectivity index (χ3v) is 8.39. The minimum Gasteiger partial charge on any atom is -0.497 e. The first-order chi connectivity index (χ1) is 17.2. The monoisotopic (exact) mass is 507 g/mol. The molecule has 3 aromatic carbocycles. The van der Waals surface area contributed by atoms with Crippen molar-refractivity contribution in [2.75, 3.05) is 20.5 Å². The predicted molar refractivity (Wildman–Crippen MR) is 141 cm³/mol. The number of hydrogen-bond donors (Lipinski definition) is 0. The van der Waals surface area contributed by atoms with Gasteiger partial charge in [0.25, 0.3) is 0 Å². The van der Waals surface area contributed by atoms with Crippen LogP contribution in [0.1, 0.15) is 30.4 Å². The van der Waals surface area contributed by atoms with Crippen LogP contribution in [0, 0.1) is 5.41 Å². The molecule has 3 aromatic rings. The summed E-state index contributed by atoms with van der Waals surface area (Å²) in [4.78, 5) is 13.1. The number of ether oxygens (including phenoxy) is 2. The molecular formula is C29H33NO5S. The predicted octanol–water partition coefficient (Wildman–Crippen LogP) is 5.08. The largest absolute Gasteiger partial charge is 0.497 e. The molecule has 0 N–H and O–H groups in total. The smallest absolute Gasteiger partial charge is 0.312 e. The Kier molecular flexibility index (Phi) is 7.81. The van der Waals surface area contributed by atoms with Crippen LogP contribution < -0.4 is 4.74 Å². The number of carbonyl (C=O) groups is 1. The highest BCUT2D eigenvalue weighted by Crippen LogP contribution is 2.45. The van der Waals surface area contributed by atoms with E-state index in [2.05, 4.69) is 24.3 Å². The van der Waals surface area contributed by atoms with E-state index >= 15 is 0 Å². The molecule has 1 aliphatic carbocycles. The first kappa shape index (κ1) is 25.9. The summed E-state index contributed by atoms with van der Waals surface area (Å²) in [5.41, 5.74) is 3.31. The van der Waals surface area contributed by atoms with Crippen molar-refractivity contribution in [2.45, 2.75) is 38.3 Å². The van der Waals surface area contributed by atoms with E-state index in [0.717, 1.165) is 22.3 Å². The molecule has 0 amide bonds. The molecule has 0 aromatic heterocycles. The number of esters is 1. The number of methoxy groups -OCH3 is 2. The highest BCUT2D eigenvalue weighted by molar-refractivity contribution is 7.88. The molecule has 1 aliphatic rings. The number of hydrogen-bond acceptors (Lipinski definition) is 5. The van der Waals surface area contributed by atoms with Crippen molar-refractivity contribution in [3.05, 3.63) is 90.0 Å². The van der Waals surface area contributed by atoms with Crippen LogP contribution in [-0.2, 0) is 32.5 Å². The third-order valence-electron chi connectivity index (χ3n) is 7.11. The summed E-state index contributed by atoms with van der Waals surface area (Å²) in [7, 11) is -0.509. The van der Waals surface area contributed by atoms with Crippen LogP contribution in [0.3, 0.4) is 0 Å². The summed E-state index contributed by atoms with van der Waals surface area (Å²) < 4.78 is 37.7. The first-order valence-electron chi connectivity index (χ1n) is 12.1. The molecule has 190 valence electrons. The zero-order valence-corrected chi connectivity index (χ0v) is 21.8. The number of benzene rings is 3. The fraction of sp³-hybridized carbons (Fsp3) is 0.345. The average Bonchev–Trinajstić information content (AvgIpc) is 3.31. The van der Waals surface area contributed by atoms with Gasteiger partial charge in [-0.1, -0.05) is 66.7 Å². The average molecular weight is 508 g/mol. The zero-order valence-electron chi connectivity index (χ0n) is 21.0. The number of nitrogens with zero attached hydrogens (tertiary/aromatic N) is 1. The lowest BCUT2D eigenvalue weighted by atomic mass is 9.79. The van der Waals surface area contributed by atoms with Crippen LogP contribution in [0.4, 0.5) is 0 Å². The molecule has 0 saturated heterocycles. The highest BCUT2D eigenvalue weighted by Gasteiger charge is 2.49. The second kappa shape index (κ2) is 10.8. The van der Waals surface area contributed by atoms with Gasteiger partial charge in [0.2, 0.25) is 10.0 Å². The third kappa shape index (κ3) is 5.79. The maximum Gasteiger partial charge on any atom is 0.312 e. The molecule has 4 rings (SSSR count). The Labute approximate surface area is 213 Å². The normalized spacial score (nSPS) is 19.8. The summed E-state index contributed by atoms with van der Waals surface area (Å²) in [5, 5.41) is 0. The van der Waals surface area contributed by atoms with Crippen LogP contribution >= 0.6 is 0 Å². The second-order valence-electron chi connectivity index (χ2n) is 9.57. The Morgan fingerprint density at radius 3 is 2.28 bits per heavy atom. The maximum absolute atomic E-state index is 13.1. The van der Waals surface area contributed by atoms with Crippen molar-refractivity contribution in [1.82, 2.24) is 4.31 Å². The fourth-order valence-corrected chi connectivity index (χ4v) is 6.39. The van der Waals surface area contributed by atoms with Gasteiger partial charge in [-0.3, -0.25) is 4.79 Å². The highest BCUT2D eigenvalue weighted by atomic mass is 32.2. The Morgan fingerprint density at radius 1 is 0.944 bits per heavy atom. The Morgan fingerprint density at radius 2 is 1.64 bits per heavy atom. The summed E-state index contributed by atoms with van der Waals surface area (Å²) >= 11 is 0. The van der Waals surface area contributed by atoms with Crippen LogP contribution in [0.2, 0.25) is 0 Å². The van der Waals surface area contributed by atoms with E-state index in [0.29, 0.717) is 31.4 Å². The Balaban J connectivity index is 1.59. The molecule has 0 bridgehead atoms. The van der Waals surface area contributed by atoms with E-state index in [1.807, 2.05) is 54.6 Å². The molecule has 7 heteroatoms. The van der Waals surface area contributed by atoms with Crippen molar-refractivity contribution in [1.29, 1.82) is 0 Å². The van der Waals surface area contributed by atoms with Crippen LogP contribution in [0.5, 0.6) is 5.75 Å². The second-order valence-corrected chi connectivity index (χ2v) is 11.5. The Bertz CT molecular complexity index is 1290. The molecule has 36 heavy (non-hydrogen) atoms. The van der Waals surface area contributed by atoms with E-state index in [1.54, 1.807) is 7.11 Å². The van der Waals surface area contributed by atoms with Gasteiger partial charge in [-0.2, -0.15) is 4.31 Å². The van der Waals surface area contributed by atoms with Crippen molar-refractivity contribution in [3.8, 4) is 16.9 Å².